The molecule has 2 aromatic heterocycles. The molecule has 0 radical (unpaired) electrons. The van der Waals surface area contributed by atoms with Gasteiger partial charge in [-0.15, -0.1) is 0 Å². The Labute approximate surface area is 167 Å². The third kappa shape index (κ3) is 3.91. The van der Waals surface area contributed by atoms with Crippen molar-refractivity contribution in [2.24, 2.45) is 5.73 Å². The minimum atomic E-state index is -0.442. The number of hydrogen-bond acceptors (Lipinski definition) is 4. The summed E-state index contributed by atoms with van der Waals surface area (Å²) < 4.78 is 19.2. The number of carbonyl (C=O) groups excluding carboxylic acids is 1. The van der Waals surface area contributed by atoms with Crippen LogP contribution in [0.15, 0.2) is 67.0 Å². The third-order valence-electron chi connectivity index (χ3n) is 4.64. The average Bonchev–Trinajstić information content (AvgIpc) is 2.73. The number of amides is 1. The van der Waals surface area contributed by atoms with Crippen molar-refractivity contribution in [2.75, 3.05) is 0 Å². The normalized spacial score (nSPS) is 10.8. The second kappa shape index (κ2) is 7.67. The molecule has 0 bridgehead atoms. The highest BCUT2D eigenvalue weighted by atomic mass is 19.1. The highest BCUT2D eigenvalue weighted by Gasteiger charge is 2.10. The molecule has 0 aliphatic heterocycles. The summed E-state index contributed by atoms with van der Waals surface area (Å²) in [6.45, 7) is 1.97. The summed E-state index contributed by atoms with van der Waals surface area (Å²) >= 11 is 0. The fourth-order valence-electron chi connectivity index (χ4n) is 3.18. The summed E-state index contributed by atoms with van der Waals surface area (Å²) in [5, 5.41) is 0.785. The maximum Gasteiger partial charge on any atom is 0.248 e. The van der Waals surface area contributed by atoms with Crippen molar-refractivity contribution < 1.29 is 13.9 Å². The largest absolute Gasteiger partial charge is 0.456 e. The predicted molar refractivity (Wildman–Crippen MR) is 109 cm³/mol. The Balaban J connectivity index is 1.64. The molecule has 5 nitrogen and oxygen atoms in total. The van der Waals surface area contributed by atoms with E-state index in [0.717, 1.165) is 16.5 Å². The molecule has 0 unspecified atom stereocenters. The van der Waals surface area contributed by atoms with Crippen molar-refractivity contribution >= 4 is 16.8 Å². The highest BCUT2D eigenvalue weighted by Crippen LogP contribution is 2.28. The third-order valence-corrected chi connectivity index (χ3v) is 4.64. The van der Waals surface area contributed by atoms with E-state index in [4.69, 9.17) is 10.5 Å². The molecule has 0 aliphatic carbocycles. The highest BCUT2D eigenvalue weighted by molar-refractivity contribution is 5.95. The summed E-state index contributed by atoms with van der Waals surface area (Å²) in [5.74, 6) is 0.364. The van der Waals surface area contributed by atoms with Gasteiger partial charge >= 0.3 is 0 Å². The molecule has 4 rings (SSSR count). The number of hydrogen-bond donors (Lipinski definition) is 1. The van der Waals surface area contributed by atoms with Crippen LogP contribution in [-0.4, -0.2) is 15.9 Å². The van der Waals surface area contributed by atoms with Crippen LogP contribution >= 0.6 is 0 Å². The van der Waals surface area contributed by atoms with Gasteiger partial charge in [0.15, 0.2) is 0 Å². The Morgan fingerprint density at radius 3 is 2.69 bits per heavy atom. The SMILES string of the molecule is CCc1cc(-c2cc(Oc3cnc4cc(F)ccc4c3)ccn2)ccc1C(N)=O. The maximum atomic E-state index is 13.3. The van der Waals surface area contributed by atoms with Crippen LogP contribution in [-0.2, 0) is 6.42 Å². The molecule has 0 saturated carbocycles. The molecule has 2 N–H and O–H groups in total. The van der Waals surface area contributed by atoms with Crippen LogP contribution in [0.1, 0.15) is 22.8 Å². The quantitative estimate of drug-likeness (QED) is 0.529. The predicted octanol–water partition coefficient (Wildman–Crippen LogP) is 4.89. The number of aryl methyl sites for hydroxylation is 1. The van der Waals surface area contributed by atoms with E-state index in [9.17, 15) is 9.18 Å². The lowest BCUT2D eigenvalue weighted by atomic mass is 9.99. The molecule has 29 heavy (non-hydrogen) atoms. The van der Waals surface area contributed by atoms with Gasteiger partial charge in [0.1, 0.15) is 17.3 Å². The van der Waals surface area contributed by atoms with Gasteiger partial charge in [0, 0.05) is 34.8 Å². The minimum Gasteiger partial charge on any atom is -0.456 e. The number of primary amides is 1. The van der Waals surface area contributed by atoms with E-state index in [1.807, 2.05) is 25.1 Å². The lowest BCUT2D eigenvalue weighted by Gasteiger charge is -2.10. The lowest BCUT2D eigenvalue weighted by Crippen LogP contribution is -2.13. The van der Waals surface area contributed by atoms with Crippen LogP contribution in [0.4, 0.5) is 4.39 Å². The smallest absolute Gasteiger partial charge is 0.248 e. The molecule has 2 heterocycles. The standard InChI is InChI=1S/C23H18FN3O2/c1-2-14-9-15(4-6-20(14)23(25)28)22-12-18(7-8-26-22)29-19-10-16-3-5-17(24)11-21(16)27-13-19/h3-13H,2H2,1H3,(H2,25,28). The first-order valence-corrected chi connectivity index (χ1v) is 9.16. The average molecular weight is 387 g/mol. The molecule has 0 saturated heterocycles. The van der Waals surface area contributed by atoms with Gasteiger partial charge in [-0.3, -0.25) is 14.8 Å². The van der Waals surface area contributed by atoms with Crippen molar-refractivity contribution in [1.29, 1.82) is 0 Å². The zero-order chi connectivity index (χ0) is 20.4. The summed E-state index contributed by atoms with van der Waals surface area (Å²) in [6.07, 6.45) is 3.90. The van der Waals surface area contributed by atoms with Crippen LogP contribution in [0.2, 0.25) is 0 Å². The van der Waals surface area contributed by atoms with Gasteiger partial charge in [-0.25, -0.2) is 4.39 Å². The fraction of sp³-hybridized carbons (Fsp3) is 0.0870. The summed E-state index contributed by atoms with van der Waals surface area (Å²) in [7, 11) is 0. The molecule has 0 spiro atoms. The van der Waals surface area contributed by atoms with Crippen LogP contribution in [0, 0.1) is 5.82 Å². The van der Waals surface area contributed by atoms with Gasteiger partial charge in [0.2, 0.25) is 5.91 Å². The number of pyridine rings is 2. The zero-order valence-corrected chi connectivity index (χ0v) is 15.7. The van der Waals surface area contributed by atoms with E-state index in [-0.39, 0.29) is 5.82 Å². The van der Waals surface area contributed by atoms with Gasteiger partial charge < -0.3 is 10.5 Å². The number of benzene rings is 2. The van der Waals surface area contributed by atoms with E-state index in [2.05, 4.69) is 9.97 Å². The molecule has 0 atom stereocenters. The Hall–Kier alpha value is -3.80. The summed E-state index contributed by atoms with van der Waals surface area (Å²) in [5.41, 5.74) is 8.96. The zero-order valence-electron chi connectivity index (χ0n) is 15.7. The molecule has 6 heteroatoms. The maximum absolute atomic E-state index is 13.3. The Kier molecular flexibility index (Phi) is 4.91. The van der Waals surface area contributed by atoms with E-state index >= 15 is 0 Å². The second-order valence-electron chi connectivity index (χ2n) is 6.58. The van der Waals surface area contributed by atoms with Gasteiger partial charge in [0.25, 0.3) is 0 Å². The number of aromatic nitrogens is 2. The molecular weight excluding hydrogens is 369 g/mol. The molecule has 4 aromatic rings. The Bertz CT molecular complexity index is 1220. The van der Waals surface area contributed by atoms with Crippen molar-refractivity contribution in [1.82, 2.24) is 9.97 Å². The van der Waals surface area contributed by atoms with E-state index in [0.29, 0.717) is 34.7 Å². The summed E-state index contributed by atoms with van der Waals surface area (Å²) in [4.78, 5) is 20.2. The number of halogens is 1. The molecule has 0 fully saturated rings. The first-order valence-electron chi connectivity index (χ1n) is 9.16. The number of ether oxygens (including phenoxy) is 1. The van der Waals surface area contributed by atoms with Gasteiger partial charge in [-0.05, 0) is 48.4 Å². The van der Waals surface area contributed by atoms with Crippen LogP contribution in [0.3, 0.4) is 0 Å². The van der Waals surface area contributed by atoms with Crippen molar-refractivity contribution in [3.05, 3.63) is 83.9 Å². The van der Waals surface area contributed by atoms with Gasteiger partial charge in [0.05, 0.1) is 17.4 Å². The molecule has 0 aliphatic rings. The van der Waals surface area contributed by atoms with Crippen LogP contribution < -0.4 is 10.5 Å². The molecular formula is C23H18FN3O2. The van der Waals surface area contributed by atoms with Crippen LogP contribution in [0.5, 0.6) is 11.5 Å². The van der Waals surface area contributed by atoms with Gasteiger partial charge in [-0.2, -0.15) is 0 Å². The molecule has 1 amide bonds. The van der Waals surface area contributed by atoms with E-state index in [1.165, 1.54) is 12.1 Å². The first kappa shape index (κ1) is 18.6. The minimum absolute atomic E-state index is 0.328. The van der Waals surface area contributed by atoms with E-state index in [1.54, 1.807) is 36.7 Å². The number of carbonyl (C=O) groups is 1. The van der Waals surface area contributed by atoms with Crippen molar-refractivity contribution in [2.45, 2.75) is 13.3 Å². The number of rotatable bonds is 5. The summed E-state index contributed by atoms with van der Waals surface area (Å²) in [6, 6.07) is 15.2. The fourth-order valence-corrected chi connectivity index (χ4v) is 3.18. The topological polar surface area (TPSA) is 78.1 Å². The molecule has 2 aromatic carbocycles. The second-order valence-corrected chi connectivity index (χ2v) is 6.58. The Morgan fingerprint density at radius 1 is 1.03 bits per heavy atom. The van der Waals surface area contributed by atoms with Crippen LogP contribution in [0.25, 0.3) is 22.2 Å². The monoisotopic (exact) mass is 387 g/mol. The first-order chi connectivity index (χ1) is 14.0. The van der Waals surface area contributed by atoms with Gasteiger partial charge in [-0.1, -0.05) is 13.0 Å². The Morgan fingerprint density at radius 2 is 1.90 bits per heavy atom. The van der Waals surface area contributed by atoms with E-state index < -0.39 is 5.91 Å². The number of nitrogens with two attached hydrogens (primary N) is 1. The van der Waals surface area contributed by atoms with Crippen molar-refractivity contribution in [3.63, 3.8) is 0 Å². The van der Waals surface area contributed by atoms with Crippen molar-refractivity contribution in [3.8, 4) is 22.8 Å². The molecule has 144 valence electrons. The number of nitrogens with zero attached hydrogens (tertiary/aromatic N) is 2. The number of fused-ring (bicyclic) bond motifs is 1. The lowest BCUT2D eigenvalue weighted by molar-refractivity contribution is 0.0999.